The van der Waals surface area contributed by atoms with E-state index in [9.17, 15) is 0 Å². The summed E-state index contributed by atoms with van der Waals surface area (Å²) in [7, 11) is 0. The molecule has 0 bridgehead atoms. The molecule has 0 N–H and O–H groups in total. The van der Waals surface area contributed by atoms with Gasteiger partial charge in [0.05, 0.1) is 12.1 Å². The summed E-state index contributed by atoms with van der Waals surface area (Å²) in [6, 6.07) is 10.1. The molecule has 3 rings (SSSR count). The van der Waals surface area contributed by atoms with Crippen LogP contribution < -0.4 is 0 Å². The van der Waals surface area contributed by atoms with Crippen LogP contribution in [-0.2, 0) is 6.54 Å². The molecule has 0 aliphatic carbocycles. The lowest BCUT2D eigenvalue weighted by molar-refractivity contribution is 0.737. The maximum absolute atomic E-state index is 6.28. The fourth-order valence-electron chi connectivity index (χ4n) is 2.24. The number of benzene rings is 1. The van der Waals surface area contributed by atoms with E-state index in [1.807, 2.05) is 38.2 Å². The molecule has 0 saturated carbocycles. The van der Waals surface area contributed by atoms with Crippen LogP contribution in [0.1, 0.15) is 17.1 Å². The van der Waals surface area contributed by atoms with Crippen molar-refractivity contribution in [2.75, 3.05) is 0 Å². The van der Waals surface area contributed by atoms with Crippen molar-refractivity contribution in [1.29, 1.82) is 0 Å². The fourth-order valence-corrected chi connectivity index (χ4v) is 2.44. The first-order chi connectivity index (χ1) is 9.15. The summed E-state index contributed by atoms with van der Waals surface area (Å²) in [5.74, 6) is 0.988. The van der Waals surface area contributed by atoms with E-state index in [0.717, 1.165) is 28.0 Å². The zero-order chi connectivity index (χ0) is 13.4. The number of hydrogen-bond donors (Lipinski definition) is 0. The van der Waals surface area contributed by atoms with E-state index in [4.69, 9.17) is 11.6 Å². The maximum atomic E-state index is 6.28. The van der Waals surface area contributed by atoms with Crippen LogP contribution in [0, 0.1) is 13.8 Å². The van der Waals surface area contributed by atoms with Crippen LogP contribution in [-0.4, -0.2) is 14.5 Å². The summed E-state index contributed by atoms with van der Waals surface area (Å²) in [6.45, 7) is 4.74. The minimum Gasteiger partial charge on any atom is -0.328 e. The Labute approximate surface area is 116 Å². The highest BCUT2D eigenvalue weighted by Gasteiger charge is 2.08. The molecule has 0 spiro atoms. The normalized spacial score (nSPS) is 11.1. The molecule has 0 saturated heterocycles. The van der Waals surface area contributed by atoms with Crippen LogP contribution in [0.15, 0.2) is 36.5 Å². The smallest absolute Gasteiger partial charge is 0.134 e. The number of aromatic nitrogens is 3. The Morgan fingerprint density at radius 2 is 2.00 bits per heavy atom. The molecule has 0 fully saturated rings. The van der Waals surface area contributed by atoms with E-state index >= 15 is 0 Å². The van der Waals surface area contributed by atoms with Gasteiger partial charge in [0, 0.05) is 22.8 Å². The Kier molecular flexibility index (Phi) is 2.99. The number of para-hydroxylation sites is 1. The van der Waals surface area contributed by atoms with Gasteiger partial charge in [0.1, 0.15) is 11.0 Å². The Morgan fingerprint density at radius 3 is 2.74 bits per heavy atom. The van der Waals surface area contributed by atoms with Crippen molar-refractivity contribution in [3.05, 3.63) is 58.8 Å². The van der Waals surface area contributed by atoms with Crippen molar-refractivity contribution >= 4 is 22.5 Å². The second-order valence-corrected chi connectivity index (χ2v) is 5.02. The molecule has 4 heteroatoms. The van der Waals surface area contributed by atoms with Crippen LogP contribution >= 0.6 is 11.6 Å². The Balaban J connectivity index is 2.08. The van der Waals surface area contributed by atoms with Crippen molar-refractivity contribution in [3.8, 4) is 0 Å². The summed E-state index contributed by atoms with van der Waals surface area (Å²) in [5.41, 5.74) is 3.07. The number of nitrogens with zero attached hydrogens (tertiary/aromatic N) is 3. The van der Waals surface area contributed by atoms with Crippen molar-refractivity contribution in [2.24, 2.45) is 0 Å². The van der Waals surface area contributed by atoms with E-state index in [1.165, 1.54) is 0 Å². The van der Waals surface area contributed by atoms with Crippen LogP contribution in [0.4, 0.5) is 0 Å². The highest BCUT2D eigenvalue weighted by molar-refractivity contribution is 6.30. The van der Waals surface area contributed by atoms with Gasteiger partial charge in [-0.25, -0.2) is 9.97 Å². The van der Waals surface area contributed by atoms with Gasteiger partial charge in [0.15, 0.2) is 0 Å². The number of fused-ring (bicyclic) bond motifs is 1. The topological polar surface area (TPSA) is 30.7 Å². The third-order valence-corrected chi connectivity index (χ3v) is 3.66. The summed E-state index contributed by atoms with van der Waals surface area (Å²) in [5, 5.41) is 1.67. The number of aryl methyl sites for hydroxylation is 2. The van der Waals surface area contributed by atoms with Gasteiger partial charge >= 0.3 is 0 Å². The predicted octanol–water partition coefficient (Wildman–Crippen LogP) is 3.75. The van der Waals surface area contributed by atoms with E-state index < -0.39 is 0 Å². The average Bonchev–Trinajstić information content (AvgIpc) is 2.71. The van der Waals surface area contributed by atoms with Crippen LogP contribution in [0.3, 0.4) is 0 Å². The molecule has 0 unspecified atom stereocenters. The summed E-state index contributed by atoms with van der Waals surface area (Å²) < 4.78 is 2.14. The van der Waals surface area contributed by atoms with E-state index in [2.05, 4.69) is 26.7 Å². The summed E-state index contributed by atoms with van der Waals surface area (Å²) in [6.07, 6.45) is 1.87. The minimum atomic E-state index is 0.561. The zero-order valence-corrected chi connectivity index (χ0v) is 11.6. The number of rotatable bonds is 2. The summed E-state index contributed by atoms with van der Waals surface area (Å²) in [4.78, 5) is 8.75. The largest absolute Gasteiger partial charge is 0.328 e. The Hall–Kier alpha value is -1.87. The third kappa shape index (κ3) is 2.22. The lowest BCUT2D eigenvalue weighted by atomic mass is 10.1. The number of pyridine rings is 1. The molecule has 1 aromatic carbocycles. The summed E-state index contributed by atoms with van der Waals surface area (Å²) >= 11 is 6.28. The molecule has 0 aliphatic heterocycles. The molecule has 19 heavy (non-hydrogen) atoms. The lowest BCUT2D eigenvalue weighted by Gasteiger charge is -2.10. The van der Waals surface area contributed by atoms with E-state index in [1.54, 1.807) is 0 Å². The van der Waals surface area contributed by atoms with Crippen molar-refractivity contribution in [3.63, 3.8) is 0 Å². The van der Waals surface area contributed by atoms with Gasteiger partial charge < -0.3 is 4.57 Å². The molecule has 0 radical (unpaired) electrons. The molecule has 96 valence electrons. The molecular formula is C15H14ClN3. The molecule has 3 aromatic rings. The quantitative estimate of drug-likeness (QED) is 0.665. The van der Waals surface area contributed by atoms with Gasteiger partial charge in [-0.2, -0.15) is 0 Å². The van der Waals surface area contributed by atoms with Gasteiger partial charge in [-0.05, 0) is 26.0 Å². The SMILES string of the molecule is Cc1cnc(C)n1Cc1cc2ccccc2nc1Cl. The van der Waals surface area contributed by atoms with Gasteiger partial charge in [-0.3, -0.25) is 0 Å². The Morgan fingerprint density at radius 1 is 1.21 bits per heavy atom. The van der Waals surface area contributed by atoms with E-state index in [0.29, 0.717) is 11.7 Å². The fraction of sp³-hybridized carbons (Fsp3) is 0.200. The molecule has 0 atom stereocenters. The molecule has 2 heterocycles. The first kappa shape index (κ1) is 12.2. The molecule has 2 aromatic heterocycles. The van der Waals surface area contributed by atoms with E-state index in [-0.39, 0.29) is 0 Å². The molecule has 3 nitrogen and oxygen atoms in total. The third-order valence-electron chi connectivity index (χ3n) is 3.33. The molecule has 0 amide bonds. The average molecular weight is 272 g/mol. The van der Waals surface area contributed by atoms with Crippen molar-refractivity contribution < 1.29 is 0 Å². The van der Waals surface area contributed by atoms with Crippen molar-refractivity contribution in [1.82, 2.24) is 14.5 Å². The first-order valence-corrected chi connectivity index (χ1v) is 6.56. The van der Waals surface area contributed by atoms with Crippen LogP contribution in [0.25, 0.3) is 10.9 Å². The van der Waals surface area contributed by atoms with Gasteiger partial charge in [0.2, 0.25) is 0 Å². The Bertz CT molecular complexity index is 727. The minimum absolute atomic E-state index is 0.561. The first-order valence-electron chi connectivity index (χ1n) is 6.18. The van der Waals surface area contributed by atoms with Gasteiger partial charge in [-0.15, -0.1) is 0 Å². The number of halogens is 1. The number of hydrogen-bond acceptors (Lipinski definition) is 2. The maximum Gasteiger partial charge on any atom is 0.134 e. The van der Waals surface area contributed by atoms with Crippen LogP contribution in [0.5, 0.6) is 0 Å². The molecular weight excluding hydrogens is 258 g/mol. The van der Waals surface area contributed by atoms with Crippen molar-refractivity contribution in [2.45, 2.75) is 20.4 Å². The second-order valence-electron chi connectivity index (χ2n) is 4.66. The molecule has 0 aliphatic rings. The zero-order valence-electron chi connectivity index (χ0n) is 10.9. The van der Waals surface area contributed by atoms with Gasteiger partial charge in [-0.1, -0.05) is 29.8 Å². The monoisotopic (exact) mass is 271 g/mol. The lowest BCUT2D eigenvalue weighted by Crippen LogP contribution is -2.05. The van der Waals surface area contributed by atoms with Crippen LogP contribution in [0.2, 0.25) is 5.15 Å². The number of imidazole rings is 1. The second kappa shape index (κ2) is 4.67. The standard InChI is InChI=1S/C15H14ClN3/c1-10-8-17-11(2)19(10)9-13-7-12-5-3-4-6-14(12)18-15(13)16/h3-8H,9H2,1-2H3. The highest BCUT2D eigenvalue weighted by atomic mass is 35.5. The van der Waals surface area contributed by atoms with Gasteiger partial charge in [0.25, 0.3) is 0 Å². The predicted molar refractivity (Wildman–Crippen MR) is 77.6 cm³/mol. The highest BCUT2D eigenvalue weighted by Crippen LogP contribution is 2.22.